The van der Waals surface area contributed by atoms with E-state index in [-0.39, 0.29) is 5.95 Å². The first kappa shape index (κ1) is 16.1. The van der Waals surface area contributed by atoms with E-state index in [0.717, 1.165) is 6.07 Å². The van der Waals surface area contributed by atoms with Crippen molar-refractivity contribution >= 4 is 5.95 Å². The minimum absolute atomic E-state index is 0.234. The van der Waals surface area contributed by atoms with Gasteiger partial charge in [0.25, 0.3) is 0 Å². The Balaban J connectivity index is 2.80. The third-order valence-electron chi connectivity index (χ3n) is 1.67. The van der Waals surface area contributed by atoms with E-state index in [9.17, 15) is 26.3 Å². The maximum absolute atomic E-state index is 12.0. The van der Waals surface area contributed by atoms with Crippen molar-refractivity contribution in [2.75, 3.05) is 25.6 Å². The van der Waals surface area contributed by atoms with Gasteiger partial charge in [0, 0.05) is 7.05 Å². The Bertz CT molecular complexity index is 412. The minimum Gasteiger partial charge on any atom is -0.468 e. The molecule has 1 aromatic heterocycles. The van der Waals surface area contributed by atoms with Crippen molar-refractivity contribution in [1.29, 1.82) is 0 Å². The lowest BCUT2D eigenvalue weighted by Crippen LogP contribution is -2.21. The van der Waals surface area contributed by atoms with Crippen LogP contribution in [0.25, 0.3) is 0 Å². The molecule has 0 saturated carbocycles. The standard InChI is InChI=1S/C9H9F6N3O2/c1-16-7-17-5(19-3-8(10,11)12)2-6(18-7)20-4-9(13,14)15/h2H,3-4H2,1H3,(H,16,17,18). The molecule has 0 unspecified atom stereocenters. The zero-order valence-electron chi connectivity index (χ0n) is 9.97. The second-order valence-electron chi connectivity index (χ2n) is 3.43. The number of ether oxygens (including phenoxy) is 2. The molecule has 5 nitrogen and oxygen atoms in total. The minimum atomic E-state index is -4.60. The molecule has 0 radical (unpaired) electrons. The number of hydrogen-bond acceptors (Lipinski definition) is 5. The normalized spacial score (nSPS) is 12.2. The van der Waals surface area contributed by atoms with Crippen LogP contribution in [0, 0.1) is 0 Å². The molecule has 1 rings (SSSR count). The number of nitrogens with one attached hydrogen (secondary N) is 1. The van der Waals surface area contributed by atoms with Crippen LogP contribution in [-0.4, -0.2) is 42.6 Å². The van der Waals surface area contributed by atoms with Gasteiger partial charge in [0.2, 0.25) is 17.7 Å². The monoisotopic (exact) mass is 305 g/mol. The van der Waals surface area contributed by atoms with Gasteiger partial charge in [-0.05, 0) is 0 Å². The molecular weight excluding hydrogens is 296 g/mol. The summed E-state index contributed by atoms with van der Waals surface area (Å²) < 4.78 is 80.4. The van der Waals surface area contributed by atoms with Crippen LogP contribution in [0.2, 0.25) is 0 Å². The highest BCUT2D eigenvalue weighted by atomic mass is 19.4. The SMILES string of the molecule is CNc1nc(OCC(F)(F)F)cc(OCC(F)(F)F)n1. The van der Waals surface area contributed by atoms with Crippen molar-refractivity contribution in [1.82, 2.24) is 9.97 Å². The highest BCUT2D eigenvalue weighted by Crippen LogP contribution is 2.23. The van der Waals surface area contributed by atoms with Crippen molar-refractivity contribution in [3.8, 4) is 11.8 Å². The Hall–Kier alpha value is -1.94. The molecule has 0 aliphatic rings. The zero-order chi connectivity index (χ0) is 15.4. The fourth-order valence-electron chi connectivity index (χ4n) is 0.975. The fraction of sp³-hybridized carbons (Fsp3) is 0.556. The number of anilines is 1. The summed E-state index contributed by atoms with van der Waals surface area (Å²) in [4.78, 5) is 6.99. The van der Waals surface area contributed by atoms with Crippen LogP contribution in [0.5, 0.6) is 11.8 Å². The van der Waals surface area contributed by atoms with Crippen molar-refractivity contribution in [2.45, 2.75) is 12.4 Å². The first-order valence-corrected chi connectivity index (χ1v) is 5.05. The molecule has 1 heterocycles. The molecule has 0 saturated heterocycles. The van der Waals surface area contributed by atoms with Gasteiger partial charge in [-0.1, -0.05) is 0 Å². The molecule has 1 N–H and O–H groups in total. The molecule has 11 heteroatoms. The van der Waals surface area contributed by atoms with Gasteiger partial charge in [-0.25, -0.2) is 0 Å². The van der Waals surface area contributed by atoms with Gasteiger partial charge in [-0.2, -0.15) is 36.3 Å². The summed E-state index contributed by atoms with van der Waals surface area (Å²) in [5.41, 5.74) is 0. The van der Waals surface area contributed by atoms with E-state index in [1.165, 1.54) is 7.05 Å². The average molecular weight is 305 g/mol. The summed E-state index contributed by atoms with van der Waals surface area (Å²) in [5.74, 6) is -1.35. The third-order valence-corrected chi connectivity index (χ3v) is 1.67. The van der Waals surface area contributed by atoms with Crippen molar-refractivity contribution < 1.29 is 35.8 Å². The van der Waals surface area contributed by atoms with Crippen LogP contribution < -0.4 is 14.8 Å². The van der Waals surface area contributed by atoms with Gasteiger partial charge in [-0.3, -0.25) is 0 Å². The summed E-state index contributed by atoms with van der Waals surface area (Å²) in [6.07, 6.45) is -9.20. The molecule has 114 valence electrons. The molecule has 0 aliphatic heterocycles. The number of hydrogen-bond donors (Lipinski definition) is 1. The second-order valence-corrected chi connectivity index (χ2v) is 3.43. The van der Waals surface area contributed by atoms with Crippen LogP contribution in [0.3, 0.4) is 0 Å². The molecule has 0 atom stereocenters. The van der Waals surface area contributed by atoms with Crippen LogP contribution in [0.1, 0.15) is 0 Å². The first-order valence-electron chi connectivity index (χ1n) is 5.05. The van der Waals surface area contributed by atoms with E-state index in [1.54, 1.807) is 0 Å². The number of rotatable bonds is 5. The Morgan fingerprint density at radius 2 is 1.35 bits per heavy atom. The number of halogens is 6. The third kappa shape index (κ3) is 6.29. The molecule has 0 fully saturated rings. The van der Waals surface area contributed by atoms with Crippen LogP contribution in [0.4, 0.5) is 32.3 Å². The van der Waals surface area contributed by atoms with Gasteiger partial charge in [0.15, 0.2) is 13.2 Å². The average Bonchev–Trinajstić information content (AvgIpc) is 2.32. The van der Waals surface area contributed by atoms with Gasteiger partial charge in [0.1, 0.15) is 0 Å². The van der Waals surface area contributed by atoms with Gasteiger partial charge >= 0.3 is 12.4 Å². The molecule has 0 bridgehead atoms. The lowest BCUT2D eigenvalue weighted by atomic mass is 10.5. The Kier molecular flexibility index (Phi) is 4.84. The van der Waals surface area contributed by atoms with E-state index in [0.29, 0.717) is 0 Å². The van der Waals surface area contributed by atoms with Gasteiger partial charge < -0.3 is 14.8 Å². The smallest absolute Gasteiger partial charge is 0.422 e. The summed E-state index contributed by atoms with van der Waals surface area (Å²) in [6, 6.07) is 0.734. The van der Waals surface area contributed by atoms with E-state index < -0.39 is 37.3 Å². The number of nitrogens with zero attached hydrogens (tertiary/aromatic N) is 2. The topological polar surface area (TPSA) is 56.3 Å². The molecular formula is C9H9F6N3O2. The Morgan fingerprint density at radius 3 is 1.65 bits per heavy atom. The molecule has 0 aliphatic carbocycles. The molecule has 20 heavy (non-hydrogen) atoms. The Labute approximate surface area is 108 Å². The summed E-state index contributed by atoms with van der Waals surface area (Å²) >= 11 is 0. The summed E-state index contributed by atoms with van der Waals surface area (Å²) in [5, 5.41) is 2.36. The van der Waals surface area contributed by atoms with Crippen LogP contribution in [-0.2, 0) is 0 Å². The van der Waals surface area contributed by atoms with Crippen LogP contribution in [0.15, 0.2) is 6.07 Å². The van der Waals surface area contributed by atoms with Gasteiger partial charge in [0.05, 0.1) is 6.07 Å². The summed E-state index contributed by atoms with van der Waals surface area (Å²) in [7, 11) is 1.33. The predicted octanol–water partition coefficient (Wildman–Crippen LogP) is 2.40. The number of alkyl halides is 6. The van der Waals surface area contributed by atoms with Gasteiger partial charge in [-0.15, -0.1) is 0 Å². The lowest BCUT2D eigenvalue weighted by Gasteiger charge is -2.12. The van der Waals surface area contributed by atoms with Crippen molar-refractivity contribution in [2.24, 2.45) is 0 Å². The van der Waals surface area contributed by atoms with E-state index in [1.807, 2.05) is 0 Å². The first-order chi connectivity index (χ1) is 9.09. The van der Waals surface area contributed by atoms with Crippen LogP contribution >= 0.6 is 0 Å². The lowest BCUT2D eigenvalue weighted by molar-refractivity contribution is -0.154. The molecule has 1 aromatic rings. The molecule has 0 aromatic carbocycles. The Morgan fingerprint density at radius 1 is 0.950 bits per heavy atom. The highest BCUT2D eigenvalue weighted by Gasteiger charge is 2.30. The zero-order valence-corrected chi connectivity index (χ0v) is 9.97. The number of aromatic nitrogens is 2. The molecule has 0 spiro atoms. The largest absolute Gasteiger partial charge is 0.468 e. The second kappa shape index (κ2) is 6.01. The highest BCUT2D eigenvalue weighted by molar-refractivity contribution is 5.32. The van der Waals surface area contributed by atoms with E-state index in [4.69, 9.17) is 0 Å². The maximum atomic E-state index is 12.0. The quantitative estimate of drug-likeness (QED) is 0.847. The predicted molar refractivity (Wildman–Crippen MR) is 54.7 cm³/mol. The maximum Gasteiger partial charge on any atom is 0.422 e. The summed E-state index contributed by atoms with van der Waals surface area (Å²) in [6.45, 7) is -3.27. The van der Waals surface area contributed by atoms with Crippen molar-refractivity contribution in [3.63, 3.8) is 0 Å². The van der Waals surface area contributed by atoms with E-state index in [2.05, 4.69) is 24.8 Å². The molecule has 0 amide bonds. The fourth-order valence-corrected chi connectivity index (χ4v) is 0.975. The van der Waals surface area contributed by atoms with E-state index >= 15 is 0 Å². The van der Waals surface area contributed by atoms with Crippen molar-refractivity contribution in [3.05, 3.63) is 6.07 Å².